The van der Waals surface area contributed by atoms with E-state index in [0.717, 1.165) is 0 Å². The molecular formula is C10H11NO. The topological polar surface area (TPSA) is 21.3 Å². The molecule has 1 aromatic rings. The van der Waals surface area contributed by atoms with E-state index in [4.69, 9.17) is 11.3 Å². The molecule has 0 amide bonds. The van der Waals surface area contributed by atoms with Gasteiger partial charge in [0, 0.05) is 6.54 Å². The number of hydrogen-bond acceptors (Lipinski definition) is 2. The lowest BCUT2D eigenvalue weighted by Crippen LogP contribution is -2.13. The zero-order valence-electron chi connectivity index (χ0n) is 6.79. The van der Waals surface area contributed by atoms with Crippen molar-refractivity contribution < 1.29 is 4.84 Å². The smallest absolute Gasteiger partial charge is 0.128 e. The highest BCUT2D eigenvalue weighted by atomic mass is 16.6. The predicted molar refractivity (Wildman–Crippen MR) is 48.1 cm³/mol. The van der Waals surface area contributed by atoms with Gasteiger partial charge in [-0.15, -0.1) is 6.42 Å². The van der Waals surface area contributed by atoms with Gasteiger partial charge in [-0.25, -0.2) is 0 Å². The minimum atomic E-state index is 0.298. The van der Waals surface area contributed by atoms with Gasteiger partial charge in [0.15, 0.2) is 0 Å². The van der Waals surface area contributed by atoms with Gasteiger partial charge in [-0.2, -0.15) is 5.48 Å². The van der Waals surface area contributed by atoms with E-state index in [0.29, 0.717) is 13.2 Å². The van der Waals surface area contributed by atoms with E-state index in [1.165, 1.54) is 5.56 Å². The Bertz CT molecular complexity index is 250. The second-order valence-corrected chi connectivity index (χ2v) is 2.30. The van der Waals surface area contributed by atoms with E-state index >= 15 is 0 Å². The summed E-state index contributed by atoms with van der Waals surface area (Å²) < 4.78 is 0. The molecule has 0 radical (unpaired) electrons. The maximum Gasteiger partial charge on any atom is 0.128 e. The van der Waals surface area contributed by atoms with Crippen LogP contribution in [0.1, 0.15) is 5.56 Å². The molecule has 0 atom stereocenters. The summed E-state index contributed by atoms with van der Waals surface area (Å²) in [5, 5.41) is 0. The van der Waals surface area contributed by atoms with Gasteiger partial charge in [0.05, 0.1) is 0 Å². The normalized spacial score (nSPS) is 9.25. The quantitative estimate of drug-likeness (QED) is 0.409. The summed E-state index contributed by atoms with van der Waals surface area (Å²) in [4.78, 5) is 4.90. The molecule has 0 fully saturated rings. The molecule has 0 aliphatic heterocycles. The fourth-order valence-electron chi connectivity index (χ4n) is 0.823. The van der Waals surface area contributed by atoms with Crippen LogP contribution in [0.15, 0.2) is 30.3 Å². The van der Waals surface area contributed by atoms with E-state index in [9.17, 15) is 0 Å². The van der Waals surface area contributed by atoms with Crippen molar-refractivity contribution in [3.05, 3.63) is 35.9 Å². The van der Waals surface area contributed by atoms with E-state index < -0.39 is 0 Å². The molecule has 1 rings (SSSR count). The van der Waals surface area contributed by atoms with Crippen molar-refractivity contribution in [1.82, 2.24) is 5.48 Å². The maximum absolute atomic E-state index is 4.99. The first-order valence-electron chi connectivity index (χ1n) is 3.75. The van der Waals surface area contributed by atoms with Crippen molar-refractivity contribution in [2.45, 2.75) is 6.54 Å². The first-order chi connectivity index (χ1) is 5.93. The molecule has 2 heteroatoms. The van der Waals surface area contributed by atoms with E-state index in [-0.39, 0.29) is 0 Å². The lowest BCUT2D eigenvalue weighted by Gasteiger charge is -2.01. The third kappa shape index (κ3) is 3.20. The number of benzene rings is 1. The zero-order valence-corrected chi connectivity index (χ0v) is 6.79. The van der Waals surface area contributed by atoms with Gasteiger partial charge in [0.1, 0.15) is 6.61 Å². The Morgan fingerprint density at radius 2 is 2.08 bits per heavy atom. The fourth-order valence-corrected chi connectivity index (χ4v) is 0.823. The van der Waals surface area contributed by atoms with Crippen molar-refractivity contribution in [3.63, 3.8) is 0 Å². The fraction of sp³-hybridized carbons (Fsp3) is 0.200. The first-order valence-corrected chi connectivity index (χ1v) is 3.75. The molecule has 0 aromatic heterocycles. The summed E-state index contributed by atoms with van der Waals surface area (Å²) in [5.41, 5.74) is 3.94. The SMILES string of the molecule is C#CCONCc1ccccc1. The van der Waals surface area contributed by atoms with Gasteiger partial charge in [-0.3, -0.25) is 4.84 Å². The molecule has 0 unspecified atom stereocenters. The Labute approximate surface area is 72.5 Å². The third-order valence-electron chi connectivity index (χ3n) is 1.38. The zero-order chi connectivity index (χ0) is 8.65. The monoisotopic (exact) mass is 161 g/mol. The van der Waals surface area contributed by atoms with Gasteiger partial charge < -0.3 is 0 Å². The largest absolute Gasteiger partial charge is 0.289 e. The number of hydrogen-bond donors (Lipinski definition) is 1. The van der Waals surface area contributed by atoms with Crippen LogP contribution in [0.4, 0.5) is 0 Å². The van der Waals surface area contributed by atoms with Crippen LogP contribution in [-0.2, 0) is 11.4 Å². The molecule has 2 nitrogen and oxygen atoms in total. The van der Waals surface area contributed by atoms with E-state index in [1.807, 2.05) is 30.3 Å². The van der Waals surface area contributed by atoms with Crippen LogP contribution in [-0.4, -0.2) is 6.61 Å². The summed E-state index contributed by atoms with van der Waals surface area (Å²) in [6.45, 7) is 0.982. The van der Waals surface area contributed by atoms with Crippen LogP contribution in [0, 0.1) is 12.3 Å². The Hall–Kier alpha value is -1.30. The molecule has 0 heterocycles. The van der Waals surface area contributed by atoms with Crippen LogP contribution in [0.2, 0.25) is 0 Å². The van der Waals surface area contributed by atoms with Crippen molar-refractivity contribution in [1.29, 1.82) is 0 Å². The molecule has 12 heavy (non-hydrogen) atoms. The molecule has 62 valence electrons. The molecule has 1 aromatic carbocycles. The van der Waals surface area contributed by atoms with Crippen LogP contribution in [0.5, 0.6) is 0 Å². The van der Waals surface area contributed by atoms with Crippen LogP contribution in [0.25, 0.3) is 0 Å². The molecule has 0 aliphatic rings. The van der Waals surface area contributed by atoms with Gasteiger partial charge >= 0.3 is 0 Å². The summed E-state index contributed by atoms with van der Waals surface area (Å²) in [7, 11) is 0. The second kappa shape index (κ2) is 5.36. The summed E-state index contributed by atoms with van der Waals surface area (Å²) in [5.74, 6) is 2.37. The second-order valence-electron chi connectivity index (χ2n) is 2.30. The van der Waals surface area contributed by atoms with E-state index in [2.05, 4.69) is 11.4 Å². The summed E-state index contributed by atoms with van der Waals surface area (Å²) in [6.07, 6.45) is 4.99. The lowest BCUT2D eigenvalue weighted by molar-refractivity contribution is 0.0615. The predicted octanol–water partition coefficient (Wildman–Crippen LogP) is 1.34. The van der Waals surface area contributed by atoms with Gasteiger partial charge in [0.25, 0.3) is 0 Å². The standard InChI is InChI=1S/C10H11NO/c1-2-8-12-11-9-10-6-4-3-5-7-10/h1,3-7,11H,8-9H2. The van der Waals surface area contributed by atoms with Crippen molar-refractivity contribution in [2.24, 2.45) is 0 Å². The number of nitrogens with one attached hydrogen (secondary N) is 1. The molecule has 0 saturated heterocycles. The number of hydroxylamine groups is 1. The molecule has 1 N–H and O–H groups in total. The average molecular weight is 161 g/mol. The molecular weight excluding hydrogens is 150 g/mol. The highest BCUT2D eigenvalue weighted by molar-refractivity contribution is 5.13. The lowest BCUT2D eigenvalue weighted by atomic mass is 10.2. The van der Waals surface area contributed by atoms with Crippen molar-refractivity contribution in [2.75, 3.05) is 6.61 Å². The molecule has 0 spiro atoms. The Morgan fingerprint density at radius 1 is 1.33 bits per heavy atom. The molecule has 0 aliphatic carbocycles. The maximum atomic E-state index is 4.99. The number of terminal acetylenes is 1. The van der Waals surface area contributed by atoms with Gasteiger partial charge in [-0.05, 0) is 5.56 Å². The number of rotatable bonds is 4. The minimum absolute atomic E-state index is 0.298. The van der Waals surface area contributed by atoms with Crippen LogP contribution < -0.4 is 5.48 Å². The van der Waals surface area contributed by atoms with Crippen LogP contribution in [0.3, 0.4) is 0 Å². The van der Waals surface area contributed by atoms with E-state index in [1.54, 1.807) is 0 Å². The molecule has 0 bridgehead atoms. The molecule has 0 saturated carbocycles. The summed E-state index contributed by atoms with van der Waals surface area (Å²) >= 11 is 0. The minimum Gasteiger partial charge on any atom is -0.289 e. The van der Waals surface area contributed by atoms with Gasteiger partial charge in [0.2, 0.25) is 0 Å². The van der Waals surface area contributed by atoms with Gasteiger partial charge in [-0.1, -0.05) is 36.3 Å². The van der Waals surface area contributed by atoms with Crippen molar-refractivity contribution >= 4 is 0 Å². The third-order valence-corrected chi connectivity index (χ3v) is 1.38. The Kier molecular flexibility index (Phi) is 3.93. The highest BCUT2D eigenvalue weighted by Gasteiger charge is 1.88. The van der Waals surface area contributed by atoms with Crippen molar-refractivity contribution in [3.8, 4) is 12.3 Å². The Morgan fingerprint density at radius 3 is 2.75 bits per heavy atom. The highest BCUT2D eigenvalue weighted by Crippen LogP contribution is 1.96. The summed E-state index contributed by atoms with van der Waals surface area (Å²) in [6, 6.07) is 9.99. The Balaban J connectivity index is 2.21. The van der Waals surface area contributed by atoms with Crippen LogP contribution >= 0.6 is 0 Å². The average Bonchev–Trinajstić information content (AvgIpc) is 2.14. The first kappa shape index (κ1) is 8.79.